The van der Waals surface area contributed by atoms with Crippen molar-refractivity contribution in [3.05, 3.63) is 34.7 Å². The lowest BCUT2D eigenvalue weighted by Gasteiger charge is -2.07. The summed E-state index contributed by atoms with van der Waals surface area (Å²) in [4.78, 5) is 0.998. The quantitative estimate of drug-likeness (QED) is 0.583. The van der Waals surface area contributed by atoms with Crippen LogP contribution in [0.3, 0.4) is 0 Å². The van der Waals surface area contributed by atoms with Crippen molar-refractivity contribution in [3.8, 4) is 0 Å². The topological polar surface area (TPSA) is 26.0 Å². The summed E-state index contributed by atoms with van der Waals surface area (Å²) in [6.45, 7) is 5.63. The van der Waals surface area contributed by atoms with Gasteiger partial charge < -0.3 is 5.73 Å². The first kappa shape index (κ1) is 9.49. The van der Waals surface area contributed by atoms with Crippen LogP contribution in [0.15, 0.2) is 29.0 Å². The number of hydrogen-bond acceptors (Lipinski definition) is 2. The van der Waals surface area contributed by atoms with Crippen LogP contribution in [0.1, 0.15) is 5.56 Å². The molecule has 0 unspecified atom stereocenters. The molecule has 0 atom stereocenters. The molecule has 3 heteroatoms. The number of nitrogens with two attached hydrogens (primary N) is 1. The summed E-state index contributed by atoms with van der Waals surface area (Å²) in [6, 6.07) is 3.75. The van der Waals surface area contributed by atoms with Crippen molar-refractivity contribution in [2.75, 3.05) is 5.73 Å². The van der Waals surface area contributed by atoms with Crippen LogP contribution < -0.4 is 5.73 Å². The molecular weight excluding hydrogens is 190 g/mol. The van der Waals surface area contributed by atoms with E-state index in [0.717, 1.165) is 10.5 Å². The van der Waals surface area contributed by atoms with Crippen LogP contribution >= 0.6 is 23.4 Å². The van der Waals surface area contributed by atoms with Gasteiger partial charge in [0.05, 0.1) is 10.7 Å². The van der Waals surface area contributed by atoms with Crippen LogP contribution in [0.2, 0.25) is 5.02 Å². The zero-order chi connectivity index (χ0) is 9.14. The monoisotopic (exact) mass is 199 g/mol. The highest BCUT2D eigenvalue weighted by Gasteiger charge is 2.05. The number of aryl methyl sites for hydroxylation is 1. The van der Waals surface area contributed by atoms with Gasteiger partial charge in [0.25, 0.3) is 0 Å². The third-order valence-corrected chi connectivity index (χ3v) is 2.81. The Balaban J connectivity index is 3.22. The molecule has 0 aliphatic rings. The molecule has 0 fully saturated rings. The second kappa shape index (κ2) is 3.87. The second-order valence-electron chi connectivity index (χ2n) is 2.39. The number of hydrogen-bond donors (Lipinski definition) is 1. The lowest BCUT2D eigenvalue weighted by Crippen LogP contribution is -1.91. The van der Waals surface area contributed by atoms with E-state index < -0.39 is 0 Å². The number of nitrogen functional groups attached to an aromatic ring is 1. The Morgan fingerprint density at radius 1 is 1.58 bits per heavy atom. The van der Waals surface area contributed by atoms with Gasteiger partial charge in [0.2, 0.25) is 0 Å². The summed E-state index contributed by atoms with van der Waals surface area (Å²) < 4.78 is 0. The van der Waals surface area contributed by atoms with Gasteiger partial charge >= 0.3 is 0 Å². The van der Waals surface area contributed by atoms with E-state index in [4.69, 9.17) is 17.3 Å². The molecule has 0 saturated heterocycles. The fourth-order valence-electron chi connectivity index (χ4n) is 0.924. The predicted molar refractivity (Wildman–Crippen MR) is 56.7 cm³/mol. The molecule has 0 aliphatic heterocycles. The maximum absolute atomic E-state index is 5.85. The smallest absolute Gasteiger partial charge is 0.0647 e. The van der Waals surface area contributed by atoms with Crippen LogP contribution in [-0.4, -0.2) is 0 Å². The van der Waals surface area contributed by atoms with Gasteiger partial charge in [-0.05, 0) is 24.0 Å². The minimum atomic E-state index is 0.602. The summed E-state index contributed by atoms with van der Waals surface area (Å²) in [7, 11) is 0. The highest BCUT2D eigenvalue weighted by molar-refractivity contribution is 8.02. The van der Waals surface area contributed by atoms with Crippen LogP contribution in [-0.2, 0) is 0 Å². The average Bonchev–Trinajstić information content (AvgIpc) is 2.06. The zero-order valence-corrected chi connectivity index (χ0v) is 8.38. The van der Waals surface area contributed by atoms with Crippen molar-refractivity contribution < 1.29 is 0 Å². The number of anilines is 1. The molecule has 0 amide bonds. The number of halogens is 1. The summed E-state index contributed by atoms with van der Waals surface area (Å²) in [5, 5.41) is 2.35. The fraction of sp³-hybridized carbons (Fsp3) is 0.111. The van der Waals surface area contributed by atoms with Gasteiger partial charge in [0.1, 0.15) is 0 Å². The standard InChI is InChI=1S/C9H10ClNS/c1-3-12-9-6(2)4-5-7(10)8(9)11/h3-5H,1,11H2,2H3. The maximum Gasteiger partial charge on any atom is 0.0647 e. The number of rotatable bonds is 2. The molecule has 2 N–H and O–H groups in total. The molecule has 64 valence electrons. The van der Waals surface area contributed by atoms with Gasteiger partial charge in [-0.15, -0.1) is 0 Å². The lowest BCUT2D eigenvalue weighted by molar-refractivity contribution is 1.31. The zero-order valence-electron chi connectivity index (χ0n) is 6.80. The van der Waals surface area contributed by atoms with E-state index >= 15 is 0 Å². The summed E-state index contributed by atoms with van der Waals surface area (Å²) in [5.74, 6) is 0. The molecule has 12 heavy (non-hydrogen) atoms. The lowest BCUT2D eigenvalue weighted by atomic mass is 10.2. The first-order chi connectivity index (χ1) is 5.66. The summed E-state index contributed by atoms with van der Waals surface area (Å²) in [6.07, 6.45) is 0. The summed E-state index contributed by atoms with van der Waals surface area (Å²) in [5.41, 5.74) is 7.54. The van der Waals surface area contributed by atoms with Crippen LogP contribution in [0, 0.1) is 6.92 Å². The Morgan fingerprint density at radius 3 is 2.83 bits per heavy atom. The third-order valence-electron chi connectivity index (χ3n) is 1.54. The molecule has 1 nitrogen and oxygen atoms in total. The van der Waals surface area contributed by atoms with Gasteiger partial charge in [-0.1, -0.05) is 36.0 Å². The van der Waals surface area contributed by atoms with Crippen molar-refractivity contribution in [3.63, 3.8) is 0 Å². The highest BCUT2D eigenvalue weighted by Crippen LogP contribution is 2.33. The van der Waals surface area contributed by atoms with E-state index in [1.54, 1.807) is 11.5 Å². The van der Waals surface area contributed by atoms with E-state index in [1.165, 1.54) is 11.8 Å². The second-order valence-corrected chi connectivity index (χ2v) is 3.78. The van der Waals surface area contributed by atoms with Gasteiger partial charge in [-0.2, -0.15) is 0 Å². The Morgan fingerprint density at radius 2 is 2.25 bits per heavy atom. The van der Waals surface area contributed by atoms with Crippen LogP contribution in [0.25, 0.3) is 0 Å². The third kappa shape index (κ3) is 1.76. The molecule has 1 aromatic rings. The van der Waals surface area contributed by atoms with Crippen molar-refractivity contribution in [1.82, 2.24) is 0 Å². The van der Waals surface area contributed by atoms with Gasteiger partial charge in [-0.3, -0.25) is 0 Å². The predicted octanol–water partition coefficient (Wildman–Crippen LogP) is 3.47. The molecule has 0 saturated carbocycles. The Labute approximate surface area is 81.6 Å². The number of thioether (sulfide) groups is 1. The highest BCUT2D eigenvalue weighted by atomic mass is 35.5. The van der Waals surface area contributed by atoms with Gasteiger partial charge in [-0.25, -0.2) is 0 Å². The minimum absolute atomic E-state index is 0.602. The molecule has 0 bridgehead atoms. The van der Waals surface area contributed by atoms with Gasteiger partial charge in [0.15, 0.2) is 0 Å². The molecule has 0 radical (unpaired) electrons. The Hall–Kier alpha value is -0.600. The normalized spacial score (nSPS) is 9.83. The first-order valence-corrected chi connectivity index (χ1v) is 4.74. The van der Waals surface area contributed by atoms with Crippen LogP contribution in [0.5, 0.6) is 0 Å². The van der Waals surface area contributed by atoms with E-state index in [1.807, 2.05) is 13.0 Å². The molecule has 1 aromatic carbocycles. The van der Waals surface area contributed by atoms with E-state index in [-0.39, 0.29) is 0 Å². The fourth-order valence-corrected chi connectivity index (χ4v) is 1.80. The Kier molecular flexibility index (Phi) is 3.06. The number of benzene rings is 1. The molecule has 0 aromatic heterocycles. The molecule has 0 spiro atoms. The van der Waals surface area contributed by atoms with Crippen molar-refractivity contribution in [1.29, 1.82) is 0 Å². The van der Waals surface area contributed by atoms with E-state index in [2.05, 4.69) is 6.58 Å². The molecular formula is C9H10ClNS. The van der Waals surface area contributed by atoms with Gasteiger partial charge in [0, 0.05) is 4.90 Å². The average molecular weight is 200 g/mol. The van der Waals surface area contributed by atoms with Crippen molar-refractivity contribution >= 4 is 29.1 Å². The Bertz CT molecular complexity index is 310. The SMILES string of the molecule is C=CSc1c(C)ccc(Cl)c1N. The molecule has 1 rings (SSSR count). The van der Waals surface area contributed by atoms with Crippen molar-refractivity contribution in [2.24, 2.45) is 0 Å². The van der Waals surface area contributed by atoms with E-state index in [9.17, 15) is 0 Å². The van der Waals surface area contributed by atoms with E-state index in [0.29, 0.717) is 10.7 Å². The largest absolute Gasteiger partial charge is 0.397 e. The van der Waals surface area contributed by atoms with Crippen molar-refractivity contribution in [2.45, 2.75) is 11.8 Å². The molecule has 0 aliphatic carbocycles. The first-order valence-electron chi connectivity index (χ1n) is 3.49. The summed E-state index contributed by atoms with van der Waals surface area (Å²) >= 11 is 7.35. The maximum atomic E-state index is 5.85. The minimum Gasteiger partial charge on any atom is -0.397 e. The molecule has 0 heterocycles. The van der Waals surface area contributed by atoms with Crippen LogP contribution in [0.4, 0.5) is 5.69 Å².